The Morgan fingerprint density at radius 3 is 2.05 bits per heavy atom. The summed E-state index contributed by atoms with van der Waals surface area (Å²) >= 11 is 0. The summed E-state index contributed by atoms with van der Waals surface area (Å²) in [5.41, 5.74) is 1.10. The molecule has 0 amide bonds. The molecule has 1 aromatic carbocycles. The van der Waals surface area contributed by atoms with E-state index in [2.05, 4.69) is 4.74 Å². The van der Waals surface area contributed by atoms with Crippen LogP contribution in [0.4, 0.5) is 0 Å². The number of benzene rings is 1. The molecule has 0 fully saturated rings. The van der Waals surface area contributed by atoms with Gasteiger partial charge in [0.1, 0.15) is 12.2 Å². The molecule has 0 N–H and O–H groups in total. The van der Waals surface area contributed by atoms with Crippen molar-refractivity contribution in [2.24, 2.45) is 0 Å². The van der Waals surface area contributed by atoms with Gasteiger partial charge >= 0.3 is 0 Å². The predicted molar refractivity (Wildman–Crippen MR) is 142 cm³/mol. The standard InChI is InChI=1S/C28H48O10/c1-6-26(36-15-12-30-5)28(38-19-18-34-23(2)3)27(24(4)35-16-14-32-22-33-21-29)37-17-13-31-20-25-10-8-7-9-11-25/h7-11,21,23-24,26-28H,6,12-20,22H2,1-5H3. The van der Waals surface area contributed by atoms with Gasteiger partial charge in [0.2, 0.25) is 0 Å². The Morgan fingerprint density at radius 1 is 0.737 bits per heavy atom. The monoisotopic (exact) mass is 544 g/mol. The van der Waals surface area contributed by atoms with Crippen LogP contribution < -0.4 is 0 Å². The largest absolute Gasteiger partial charge is 0.441 e. The zero-order chi connectivity index (χ0) is 27.8. The summed E-state index contributed by atoms with van der Waals surface area (Å²) in [5.74, 6) is 0. The molecule has 0 aliphatic rings. The number of hydrogen-bond donors (Lipinski definition) is 0. The van der Waals surface area contributed by atoms with Crippen molar-refractivity contribution in [1.82, 2.24) is 0 Å². The molecule has 0 saturated heterocycles. The molecule has 0 heterocycles. The molecule has 4 atom stereocenters. The van der Waals surface area contributed by atoms with Gasteiger partial charge in [-0.1, -0.05) is 37.3 Å². The van der Waals surface area contributed by atoms with Gasteiger partial charge in [-0.15, -0.1) is 0 Å². The Morgan fingerprint density at radius 2 is 1.37 bits per heavy atom. The van der Waals surface area contributed by atoms with Crippen LogP contribution in [0.1, 0.15) is 39.7 Å². The molecule has 0 aromatic heterocycles. The van der Waals surface area contributed by atoms with Gasteiger partial charge in [-0.3, -0.25) is 4.79 Å². The number of carbonyl (C=O) groups is 1. The van der Waals surface area contributed by atoms with E-state index in [1.165, 1.54) is 0 Å². The molecule has 0 radical (unpaired) electrons. The van der Waals surface area contributed by atoms with Crippen molar-refractivity contribution in [2.75, 3.05) is 66.8 Å². The van der Waals surface area contributed by atoms with Crippen molar-refractivity contribution in [3.8, 4) is 0 Å². The van der Waals surface area contributed by atoms with E-state index in [1.807, 2.05) is 58.0 Å². The summed E-state index contributed by atoms with van der Waals surface area (Å²) in [6.45, 7) is 11.7. The van der Waals surface area contributed by atoms with E-state index in [9.17, 15) is 4.79 Å². The van der Waals surface area contributed by atoms with Crippen LogP contribution in [-0.2, 0) is 54.0 Å². The van der Waals surface area contributed by atoms with Gasteiger partial charge in [0.15, 0.2) is 6.79 Å². The van der Waals surface area contributed by atoms with Crippen LogP contribution in [0.3, 0.4) is 0 Å². The smallest absolute Gasteiger partial charge is 0.295 e. The van der Waals surface area contributed by atoms with Crippen LogP contribution in [0.5, 0.6) is 0 Å². The molecule has 220 valence electrons. The molecule has 4 unspecified atom stereocenters. The van der Waals surface area contributed by atoms with E-state index >= 15 is 0 Å². The first-order chi connectivity index (χ1) is 18.5. The first-order valence-corrected chi connectivity index (χ1v) is 13.3. The van der Waals surface area contributed by atoms with Gasteiger partial charge in [0, 0.05) is 7.11 Å². The van der Waals surface area contributed by atoms with Gasteiger partial charge in [-0.05, 0) is 32.8 Å². The highest BCUT2D eigenvalue weighted by Gasteiger charge is 2.35. The second-order valence-electron chi connectivity index (χ2n) is 8.80. The summed E-state index contributed by atoms with van der Waals surface area (Å²) in [4.78, 5) is 10.3. The maximum Gasteiger partial charge on any atom is 0.295 e. The summed E-state index contributed by atoms with van der Waals surface area (Å²) in [5, 5.41) is 0. The highest BCUT2D eigenvalue weighted by molar-refractivity contribution is 5.36. The molecule has 1 rings (SSSR count). The maximum absolute atomic E-state index is 10.3. The number of carbonyl (C=O) groups excluding carboxylic acids is 1. The van der Waals surface area contributed by atoms with Crippen molar-refractivity contribution in [1.29, 1.82) is 0 Å². The van der Waals surface area contributed by atoms with Gasteiger partial charge in [-0.2, -0.15) is 0 Å². The van der Waals surface area contributed by atoms with E-state index in [0.717, 1.165) is 5.56 Å². The Bertz CT molecular complexity index is 660. The average Bonchev–Trinajstić information content (AvgIpc) is 2.92. The summed E-state index contributed by atoms with van der Waals surface area (Å²) in [6.07, 6.45) is -0.651. The third-order valence-corrected chi connectivity index (χ3v) is 5.50. The van der Waals surface area contributed by atoms with Crippen LogP contribution in [0, 0.1) is 0 Å². The molecule has 0 saturated carbocycles. The van der Waals surface area contributed by atoms with Crippen LogP contribution in [0.2, 0.25) is 0 Å². The average molecular weight is 545 g/mol. The summed E-state index contributed by atoms with van der Waals surface area (Å²) in [6, 6.07) is 9.99. The number of rotatable bonds is 26. The molecule has 10 nitrogen and oxygen atoms in total. The van der Waals surface area contributed by atoms with E-state index in [1.54, 1.807) is 7.11 Å². The topological polar surface area (TPSA) is 100 Å². The summed E-state index contributed by atoms with van der Waals surface area (Å²) < 4.78 is 51.2. The lowest BCUT2D eigenvalue weighted by molar-refractivity contribution is -0.188. The van der Waals surface area contributed by atoms with Gasteiger partial charge in [0.25, 0.3) is 6.47 Å². The van der Waals surface area contributed by atoms with Crippen LogP contribution in [0.25, 0.3) is 0 Å². The normalized spacial score (nSPS) is 14.8. The zero-order valence-electron chi connectivity index (χ0n) is 23.7. The molecule has 38 heavy (non-hydrogen) atoms. The lowest BCUT2D eigenvalue weighted by Gasteiger charge is -2.36. The maximum atomic E-state index is 10.3. The molecular weight excluding hydrogens is 496 g/mol. The van der Waals surface area contributed by atoms with Crippen molar-refractivity contribution < 1.29 is 47.4 Å². The molecule has 0 spiro atoms. The van der Waals surface area contributed by atoms with E-state index in [-0.39, 0.29) is 38.3 Å². The van der Waals surface area contributed by atoms with E-state index < -0.39 is 12.2 Å². The van der Waals surface area contributed by atoms with Gasteiger partial charge in [-0.25, -0.2) is 0 Å². The van der Waals surface area contributed by atoms with Crippen molar-refractivity contribution in [2.45, 2.75) is 71.2 Å². The Hall–Kier alpha value is -1.63. The predicted octanol–water partition coefficient (Wildman–Crippen LogP) is 3.39. The number of hydrogen-bond acceptors (Lipinski definition) is 10. The Kier molecular flexibility index (Phi) is 21.1. The first-order valence-electron chi connectivity index (χ1n) is 13.3. The SMILES string of the molecule is CCC(OCCOC)C(OCCOC(C)C)C(OCCOCc1ccccc1)C(C)OCCOCOC=O. The lowest BCUT2D eigenvalue weighted by Crippen LogP contribution is -2.49. The fourth-order valence-corrected chi connectivity index (χ4v) is 3.64. The molecule has 0 bridgehead atoms. The van der Waals surface area contributed by atoms with Crippen LogP contribution >= 0.6 is 0 Å². The highest BCUT2D eigenvalue weighted by Crippen LogP contribution is 2.20. The Labute approximate surface area is 228 Å². The van der Waals surface area contributed by atoms with Crippen LogP contribution in [0.15, 0.2) is 30.3 Å². The van der Waals surface area contributed by atoms with Gasteiger partial charge in [0.05, 0.1) is 77.8 Å². The van der Waals surface area contributed by atoms with Crippen molar-refractivity contribution in [3.05, 3.63) is 35.9 Å². The van der Waals surface area contributed by atoms with Crippen molar-refractivity contribution in [3.63, 3.8) is 0 Å². The molecule has 0 aliphatic carbocycles. The quantitative estimate of drug-likeness (QED) is 0.0980. The minimum atomic E-state index is -0.451. The zero-order valence-corrected chi connectivity index (χ0v) is 23.7. The third-order valence-electron chi connectivity index (χ3n) is 5.50. The lowest BCUT2D eigenvalue weighted by atomic mass is 10.0. The van der Waals surface area contributed by atoms with Crippen molar-refractivity contribution >= 4 is 6.47 Å². The minimum Gasteiger partial charge on any atom is -0.441 e. The Balaban J connectivity index is 2.83. The van der Waals surface area contributed by atoms with Crippen LogP contribution in [-0.4, -0.2) is 104 Å². The molecule has 10 heteroatoms. The highest BCUT2D eigenvalue weighted by atomic mass is 16.7. The van der Waals surface area contributed by atoms with E-state index in [0.29, 0.717) is 59.1 Å². The second kappa shape index (κ2) is 23.3. The summed E-state index contributed by atoms with van der Waals surface area (Å²) in [7, 11) is 1.64. The molecular formula is C28H48O10. The second-order valence-corrected chi connectivity index (χ2v) is 8.80. The van der Waals surface area contributed by atoms with Gasteiger partial charge < -0.3 is 42.6 Å². The first kappa shape index (κ1) is 34.4. The third kappa shape index (κ3) is 16.4. The molecule has 1 aromatic rings. The fraction of sp³-hybridized carbons (Fsp3) is 0.750. The number of methoxy groups -OCH3 is 1. The minimum absolute atomic E-state index is 0.108. The molecule has 0 aliphatic heterocycles. The van der Waals surface area contributed by atoms with E-state index in [4.69, 9.17) is 37.9 Å². The number of ether oxygens (including phenoxy) is 9. The fourth-order valence-electron chi connectivity index (χ4n) is 3.64.